The number of thiophene rings is 1. The first-order valence-electron chi connectivity index (χ1n) is 3.86. The first-order valence-corrected chi connectivity index (χ1v) is 5.15. The first-order chi connectivity index (χ1) is 6.25. The zero-order valence-electron chi connectivity index (χ0n) is 7.07. The zero-order valence-corrected chi connectivity index (χ0v) is 8.71. The topological polar surface area (TPSA) is 28.7 Å². The molecule has 0 aliphatic carbocycles. The molecular weight excluding hydrogens is 200 g/mol. The highest BCUT2D eigenvalue weighted by molar-refractivity contribution is 7.71. The van der Waals surface area contributed by atoms with E-state index in [1.165, 1.54) is 10.4 Å². The van der Waals surface area contributed by atoms with Crippen LogP contribution in [-0.4, -0.2) is 9.97 Å². The summed E-state index contributed by atoms with van der Waals surface area (Å²) in [4.78, 5) is 8.28. The lowest BCUT2D eigenvalue weighted by Crippen LogP contribution is -1.83. The highest BCUT2D eigenvalue weighted by Crippen LogP contribution is 2.22. The van der Waals surface area contributed by atoms with Crippen molar-refractivity contribution in [1.29, 1.82) is 0 Å². The van der Waals surface area contributed by atoms with Crippen molar-refractivity contribution in [2.24, 2.45) is 0 Å². The van der Waals surface area contributed by atoms with Crippen molar-refractivity contribution >= 4 is 23.6 Å². The van der Waals surface area contributed by atoms with Crippen molar-refractivity contribution in [2.45, 2.75) is 6.92 Å². The molecule has 0 unspecified atom stereocenters. The van der Waals surface area contributed by atoms with Gasteiger partial charge in [-0.2, -0.15) is 0 Å². The summed E-state index contributed by atoms with van der Waals surface area (Å²) in [6.45, 7) is 2.09. The van der Waals surface area contributed by atoms with Gasteiger partial charge in [0, 0.05) is 27.7 Å². The van der Waals surface area contributed by atoms with Crippen LogP contribution in [0.4, 0.5) is 0 Å². The second kappa shape index (κ2) is 3.40. The van der Waals surface area contributed by atoms with Crippen LogP contribution in [0.1, 0.15) is 4.88 Å². The second-order valence-corrected chi connectivity index (χ2v) is 4.24. The van der Waals surface area contributed by atoms with Gasteiger partial charge >= 0.3 is 0 Å². The van der Waals surface area contributed by atoms with E-state index in [0.29, 0.717) is 4.77 Å². The van der Waals surface area contributed by atoms with E-state index < -0.39 is 0 Å². The van der Waals surface area contributed by atoms with E-state index in [0.717, 1.165) is 5.69 Å². The minimum atomic E-state index is 0.529. The van der Waals surface area contributed by atoms with Gasteiger partial charge in [0.05, 0.1) is 0 Å². The maximum absolute atomic E-state index is 4.94. The quantitative estimate of drug-likeness (QED) is 0.729. The fraction of sp³-hybridized carbons (Fsp3) is 0.111. The fourth-order valence-corrected chi connectivity index (χ4v) is 2.00. The Morgan fingerprint density at radius 1 is 1.54 bits per heavy atom. The summed E-state index contributed by atoms with van der Waals surface area (Å²) in [5, 5.41) is 2.11. The fourth-order valence-electron chi connectivity index (χ4n) is 1.12. The van der Waals surface area contributed by atoms with Crippen LogP contribution in [0.2, 0.25) is 0 Å². The SMILES string of the molecule is Cc1cc(-c2ccnc(=S)[nH]2)cs1. The molecule has 13 heavy (non-hydrogen) atoms. The van der Waals surface area contributed by atoms with E-state index in [1.807, 2.05) is 6.07 Å². The van der Waals surface area contributed by atoms with Gasteiger partial charge in [0.2, 0.25) is 0 Å². The minimum Gasteiger partial charge on any atom is -0.330 e. The van der Waals surface area contributed by atoms with Crippen molar-refractivity contribution in [1.82, 2.24) is 9.97 Å². The molecule has 1 N–H and O–H groups in total. The molecule has 0 amide bonds. The molecule has 66 valence electrons. The largest absolute Gasteiger partial charge is 0.330 e. The number of nitrogens with zero attached hydrogens (tertiary/aromatic N) is 1. The van der Waals surface area contributed by atoms with Gasteiger partial charge < -0.3 is 4.98 Å². The summed E-state index contributed by atoms with van der Waals surface area (Å²) in [6.07, 6.45) is 1.72. The molecule has 2 rings (SSSR count). The number of hydrogen-bond acceptors (Lipinski definition) is 3. The lowest BCUT2D eigenvalue weighted by atomic mass is 10.2. The summed E-state index contributed by atoms with van der Waals surface area (Å²) >= 11 is 6.67. The van der Waals surface area contributed by atoms with E-state index >= 15 is 0 Å². The molecule has 2 nitrogen and oxygen atoms in total. The second-order valence-electron chi connectivity index (χ2n) is 2.73. The standard InChI is InChI=1S/C9H8N2S2/c1-6-4-7(5-13-6)8-2-3-10-9(12)11-8/h2-5H,1H3,(H,10,11,12). The Bertz CT molecular complexity index is 470. The van der Waals surface area contributed by atoms with Gasteiger partial charge in [0.1, 0.15) is 0 Å². The molecule has 2 heterocycles. The molecule has 0 aliphatic rings. The predicted molar refractivity (Wildman–Crippen MR) is 57.5 cm³/mol. The third-order valence-corrected chi connectivity index (χ3v) is 2.79. The molecule has 2 aromatic heterocycles. The third kappa shape index (κ3) is 1.84. The molecule has 0 atom stereocenters. The molecule has 0 spiro atoms. The number of hydrogen-bond donors (Lipinski definition) is 1. The molecule has 2 aromatic rings. The Hall–Kier alpha value is -1.000. The molecule has 4 heteroatoms. The van der Waals surface area contributed by atoms with E-state index in [4.69, 9.17) is 12.2 Å². The Kier molecular flexibility index (Phi) is 2.24. The molecule has 0 radical (unpaired) electrons. The Labute approximate surface area is 85.3 Å². The average molecular weight is 208 g/mol. The van der Waals surface area contributed by atoms with Gasteiger partial charge in [-0.3, -0.25) is 0 Å². The number of rotatable bonds is 1. The Morgan fingerprint density at radius 3 is 3.00 bits per heavy atom. The summed E-state index contributed by atoms with van der Waals surface area (Å²) in [5.74, 6) is 0. The average Bonchev–Trinajstić information content (AvgIpc) is 2.52. The monoisotopic (exact) mass is 208 g/mol. The summed E-state index contributed by atoms with van der Waals surface area (Å²) in [6, 6.07) is 4.06. The van der Waals surface area contributed by atoms with Crippen LogP contribution in [0.15, 0.2) is 23.7 Å². The van der Waals surface area contributed by atoms with Gasteiger partial charge in [-0.1, -0.05) is 0 Å². The van der Waals surface area contributed by atoms with Crippen LogP contribution in [0.25, 0.3) is 11.3 Å². The first kappa shape index (κ1) is 8.59. The van der Waals surface area contributed by atoms with Crippen LogP contribution in [0, 0.1) is 11.7 Å². The smallest absolute Gasteiger partial charge is 0.197 e. The maximum atomic E-state index is 4.94. The van der Waals surface area contributed by atoms with Crippen molar-refractivity contribution in [3.63, 3.8) is 0 Å². The molecule has 0 aromatic carbocycles. The van der Waals surface area contributed by atoms with E-state index in [9.17, 15) is 0 Å². The number of nitrogens with one attached hydrogen (secondary N) is 1. The van der Waals surface area contributed by atoms with E-state index in [1.54, 1.807) is 17.5 Å². The highest BCUT2D eigenvalue weighted by Gasteiger charge is 1.99. The number of aromatic amines is 1. The van der Waals surface area contributed by atoms with Crippen LogP contribution >= 0.6 is 23.6 Å². The number of aromatic nitrogens is 2. The molecule has 0 saturated heterocycles. The summed E-state index contributed by atoms with van der Waals surface area (Å²) < 4.78 is 0.529. The predicted octanol–water partition coefficient (Wildman–Crippen LogP) is 3.18. The highest BCUT2D eigenvalue weighted by atomic mass is 32.1. The van der Waals surface area contributed by atoms with Crippen LogP contribution in [-0.2, 0) is 0 Å². The van der Waals surface area contributed by atoms with E-state index in [-0.39, 0.29) is 0 Å². The number of aryl methyl sites for hydroxylation is 1. The van der Waals surface area contributed by atoms with Gasteiger partial charge in [0.25, 0.3) is 0 Å². The van der Waals surface area contributed by atoms with Gasteiger partial charge in [0.15, 0.2) is 4.77 Å². The Balaban J connectivity index is 2.52. The summed E-state index contributed by atoms with van der Waals surface area (Å²) in [5.41, 5.74) is 2.21. The lowest BCUT2D eigenvalue weighted by Gasteiger charge is -1.95. The maximum Gasteiger partial charge on any atom is 0.197 e. The van der Waals surface area contributed by atoms with Crippen molar-refractivity contribution in [2.75, 3.05) is 0 Å². The van der Waals surface area contributed by atoms with Crippen molar-refractivity contribution in [3.05, 3.63) is 33.4 Å². The molecule has 0 saturated carbocycles. The number of H-pyrrole nitrogens is 1. The van der Waals surface area contributed by atoms with Crippen LogP contribution in [0.5, 0.6) is 0 Å². The zero-order chi connectivity index (χ0) is 9.26. The summed E-state index contributed by atoms with van der Waals surface area (Å²) in [7, 11) is 0. The molecule has 0 fully saturated rings. The molecule has 0 aliphatic heterocycles. The lowest BCUT2D eigenvalue weighted by molar-refractivity contribution is 1.14. The van der Waals surface area contributed by atoms with Gasteiger partial charge in [-0.05, 0) is 31.3 Å². The molecular formula is C9H8N2S2. The van der Waals surface area contributed by atoms with E-state index in [2.05, 4.69) is 28.3 Å². The van der Waals surface area contributed by atoms with Gasteiger partial charge in [-0.15, -0.1) is 11.3 Å². The Morgan fingerprint density at radius 2 is 2.38 bits per heavy atom. The normalized spacial score (nSPS) is 10.2. The van der Waals surface area contributed by atoms with Gasteiger partial charge in [-0.25, -0.2) is 4.98 Å². The van der Waals surface area contributed by atoms with Crippen LogP contribution in [0.3, 0.4) is 0 Å². The third-order valence-electron chi connectivity index (χ3n) is 1.72. The van der Waals surface area contributed by atoms with Crippen molar-refractivity contribution < 1.29 is 0 Å². The van der Waals surface area contributed by atoms with Crippen LogP contribution < -0.4 is 0 Å². The van der Waals surface area contributed by atoms with Crippen molar-refractivity contribution in [3.8, 4) is 11.3 Å². The minimum absolute atomic E-state index is 0.529. The molecule has 0 bridgehead atoms.